The lowest BCUT2D eigenvalue weighted by atomic mass is 10.0. The molecule has 1 aliphatic rings. The number of nitrogens with zero attached hydrogens (tertiary/aromatic N) is 1. The summed E-state index contributed by atoms with van der Waals surface area (Å²) in [6, 6.07) is 0. The summed E-state index contributed by atoms with van der Waals surface area (Å²) in [4.78, 5) is 33.5. The number of hydrogen-bond acceptors (Lipinski definition) is 7. The van der Waals surface area contributed by atoms with Gasteiger partial charge in [-0.15, -0.1) is 0 Å². The quantitative estimate of drug-likeness (QED) is 0.0420. The van der Waals surface area contributed by atoms with Crippen LogP contribution in [0.4, 0.5) is 0 Å². The highest BCUT2D eigenvalue weighted by atomic mass is 16.6. The van der Waals surface area contributed by atoms with Gasteiger partial charge in [-0.3, -0.25) is 19.3 Å². The van der Waals surface area contributed by atoms with Crippen LogP contribution in [-0.4, -0.2) is 77.8 Å². The summed E-state index contributed by atoms with van der Waals surface area (Å²) in [6.45, 7) is 5.05. The van der Waals surface area contributed by atoms with E-state index in [1.807, 2.05) is 0 Å². The number of hydrogen-bond donors (Lipinski definition) is 3. The molecule has 1 rings (SSSR count). The van der Waals surface area contributed by atoms with Crippen LogP contribution in [0.2, 0.25) is 0 Å². The van der Waals surface area contributed by atoms with Gasteiger partial charge < -0.3 is 24.8 Å². The first-order valence-electron chi connectivity index (χ1n) is 22.7. The smallest absolute Gasteiger partial charge is 0.320 e. The van der Waals surface area contributed by atoms with E-state index in [1.165, 1.54) is 167 Å². The molecular formula is C45H89NO8. The van der Waals surface area contributed by atoms with Gasteiger partial charge >= 0.3 is 17.9 Å². The third kappa shape index (κ3) is 48.3. The number of unbranched alkanes of at least 4 members (excludes halogenated alkanes) is 28. The monoisotopic (exact) mass is 772 g/mol. The number of likely N-dealkylation sites (N-methyl/N-ethyl adjacent to an activating group) is 1. The van der Waals surface area contributed by atoms with Crippen LogP contribution in [0.5, 0.6) is 0 Å². The number of ether oxygens (including phenoxy) is 2. The van der Waals surface area contributed by atoms with E-state index in [9.17, 15) is 14.4 Å². The van der Waals surface area contributed by atoms with Crippen LogP contribution in [-0.2, 0) is 23.9 Å². The van der Waals surface area contributed by atoms with E-state index in [0.29, 0.717) is 19.3 Å². The number of carboxylic acids is 2. The van der Waals surface area contributed by atoms with Crippen LogP contribution in [0.3, 0.4) is 0 Å². The standard InChI is InChI=1S/2C18H36O2.C9H17NO4/c2*1-2-3-4-5-6-7-8-9-10-11-12-13-14-15-16-17-18(19)20;1-10(2)5-9(12)13-6-7-3-4-8(11)14-7/h2*2-17H2,1H3,(H,19,20);7-8,11H,3-6H2,1-2H3/t;;7-,8+/m..0/s1. The van der Waals surface area contributed by atoms with E-state index in [-0.39, 0.29) is 25.2 Å². The Morgan fingerprint density at radius 3 is 1.06 bits per heavy atom. The minimum absolute atomic E-state index is 0.142. The topological polar surface area (TPSA) is 134 Å². The number of aliphatic hydroxyl groups is 1. The largest absolute Gasteiger partial charge is 0.481 e. The van der Waals surface area contributed by atoms with Crippen molar-refractivity contribution >= 4 is 17.9 Å². The highest BCUT2D eigenvalue weighted by Crippen LogP contribution is 2.18. The van der Waals surface area contributed by atoms with Crippen LogP contribution in [0.25, 0.3) is 0 Å². The van der Waals surface area contributed by atoms with Gasteiger partial charge in [0.1, 0.15) is 6.61 Å². The Hall–Kier alpha value is -1.71. The average molecular weight is 772 g/mol. The van der Waals surface area contributed by atoms with Crippen LogP contribution in [0, 0.1) is 0 Å². The fraction of sp³-hybridized carbons (Fsp3) is 0.933. The molecule has 1 saturated heterocycles. The number of esters is 1. The van der Waals surface area contributed by atoms with Crippen LogP contribution < -0.4 is 0 Å². The third-order valence-electron chi connectivity index (χ3n) is 9.95. The Balaban J connectivity index is 0. The molecule has 0 amide bonds. The molecule has 0 aliphatic carbocycles. The van der Waals surface area contributed by atoms with Crippen LogP contribution >= 0.6 is 0 Å². The fourth-order valence-corrected chi connectivity index (χ4v) is 6.59. The van der Waals surface area contributed by atoms with Gasteiger partial charge in [-0.05, 0) is 33.4 Å². The molecule has 3 N–H and O–H groups in total. The molecule has 9 nitrogen and oxygen atoms in total. The maximum absolute atomic E-state index is 11.1. The van der Waals surface area contributed by atoms with E-state index in [2.05, 4.69) is 13.8 Å². The molecule has 0 bridgehead atoms. The third-order valence-corrected chi connectivity index (χ3v) is 9.95. The van der Waals surface area contributed by atoms with E-state index in [1.54, 1.807) is 19.0 Å². The van der Waals surface area contributed by atoms with Gasteiger partial charge in [-0.1, -0.05) is 194 Å². The van der Waals surface area contributed by atoms with E-state index < -0.39 is 18.2 Å². The van der Waals surface area contributed by atoms with E-state index in [4.69, 9.17) is 24.8 Å². The summed E-state index contributed by atoms with van der Waals surface area (Å²) >= 11 is 0. The molecule has 54 heavy (non-hydrogen) atoms. The van der Waals surface area contributed by atoms with Crippen molar-refractivity contribution < 1.29 is 39.2 Å². The first kappa shape index (κ1) is 54.4. The molecule has 0 unspecified atom stereocenters. The first-order valence-corrected chi connectivity index (χ1v) is 22.7. The summed E-state index contributed by atoms with van der Waals surface area (Å²) < 4.78 is 10.0. The molecule has 1 fully saturated rings. The number of carbonyl (C=O) groups is 3. The molecule has 0 radical (unpaired) electrons. The average Bonchev–Trinajstić information content (AvgIpc) is 3.55. The lowest BCUT2D eigenvalue weighted by Gasteiger charge is -2.13. The Labute approximate surface area is 333 Å². The van der Waals surface area contributed by atoms with Gasteiger partial charge in [0.05, 0.1) is 12.6 Å². The molecule has 1 heterocycles. The zero-order valence-corrected chi connectivity index (χ0v) is 35.9. The van der Waals surface area contributed by atoms with Crippen molar-refractivity contribution in [1.82, 2.24) is 4.90 Å². The zero-order valence-electron chi connectivity index (χ0n) is 35.9. The second-order valence-corrected chi connectivity index (χ2v) is 15.9. The summed E-state index contributed by atoms with van der Waals surface area (Å²) in [5.41, 5.74) is 0. The van der Waals surface area contributed by atoms with Crippen molar-refractivity contribution in [3.8, 4) is 0 Å². The van der Waals surface area contributed by atoms with Crippen LogP contribution in [0.15, 0.2) is 0 Å². The molecule has 0 saturated carbocycles. The summed E-state index contributed by atoms with van der Waals surface area (Å²) in [5, 5.41) is 26.1. The molecule has 0 aromatic carbocycles. The number of aliphatic hydroxyl groups excluding tert-OH is 1. The Morgan fingerprint density at radius 2 is 0.815 bits per heavy atom. The lowest BCUT2D eigenvalue weighted by molar-refractivity contribution is -0.153. The normalized spacial score (nSPS) is 15.0. The van der Waals surface area contributed by atoms with Gasteiger partial charge in [-0.2, -0.15) is 0 Å². The molecule has 2 atom stereocenters. The zero-order chi connectivity index (χ0) is 40.3. The van der Waals surface area contributed by atoms with Gasteiger partial charge in [0, 0.05) is 19.3 Å². The first-order chi connectivity index (χ1) is 26.1. The number of rotatable bonds is 36. The Morgan fingerprint density at radius 1 is 0.519 bits per heavy atom. The van der Waals surface area contributed by atoms with Gasteiger partial charge in [0.15, 0.2) is 6.29 Å². The highest BCUT2D eigenvalue weighted by molar-refractivity contribution is 5.71. The van der Waals surface area contributed by atoms with E-state index in [0.717, 1.165) is 32.1 Å². The second-order valence-electron chi connectivity index (χ2n) is 15.9. The van der Waals surface area contributed by atoms with Crippen molar-refractivity contribution in [2.24, 2.45) is 0 Å². The number of aliphatic carboxylic acids is 2. The molecule has 0 aromatic rings. The van der Waals surface area contributed by atoms with Crippen molar-refractivity contribution in [2.75, 3.05) is 27.2 Å². The second kappa shape index (κ2) is 44.0. The Kier molecular flexibility index (Phi) is 44.3. The summed E-state index contributed by atoms with van der Waals surface area (Å²) in [6.07, 6.45) is 40.9. The maximum atomic E-state index is 11.1. The molecule has 9 heteroatoms. The van der Waals surface area contributed by atoms with Crippen molar-refractivity contribution in [1.29, 1.82) is 0 Å². The highest BCUT2D eigenvalue weighted by Gasteiger charge is 2.24. The van der Waals surface area contributed by atoms with Crippen molar-refractivity contribution in [3.05, 3.63) is 0 Å². The molecule has 1 aliphatic heterocycles. The van der Waals surface area contributed by atoms with Gasteiger partial charge in [-0.25, -0.2) is 0 Å². The van der Waals surface area contributed by atoms with Gasteiger partial charge in [0.25, 0.3) is 0 Å². The molecule has 322 valence electrons. The number of carbonyl (C=O) groups excluding carboxylic acids is 1. The van der Waals surface area contributed by atoms with Crippen molar-refractivity contribution in [3.63, 3.8) is 0 Å². The SMILES string of the molecule is CCCCCCCCCCCCCCCCCC(=O)O.CCCCCCCCCCCCCCCCCC(=O)O.CN(C)CC(=O)OC[C@@H]1CC[C@H](O)O1. The predicted molar refractivity (Wildman–Crippen MR) is 224 cm³/mol. The minimum atomic E-state index is -0.687. The lowest BCUT2D eigenvalue weighted by Crippen LogP contribution is -2.27. The fourth-order valence-electron chi connectivity index (χ4n) is 6.59. The predicted octanol–water partition coefficient (Wildman–Crippen LogP) is 12.3. The van der Waals surface area contributed by atoms with Crippen LogP contribution in [0.1, 0.15) is 232 Å². The molecule has 0 aromatic heterocycles. The molecule has 0 spiro atoms. The minimum Gasteiger partial charge on any atom is -0.481 e. The molecular weight excluding hydrogens is 682 g/mol. The van der Waals surface area contributed by atoms with Gasteiger partial charge in [0.2, 0.25) is 0 Å². The van der Waals surface area contributed by atoms with E-state index >= 15 is 0 Å². The summed E-state index contributed by atoms with van der Waals surface area (Å²) in [5.74, 6) is -1.57. The summed E-state index contributed by atoms with van der Waals surface area (Å²) in [7, 11) is 3.61. The maximum Gasteiger partial charge on any atom is 0.320 e. The Bertz CT molecular complexity index is 765. The number of carboxylic acid groups (broad SMARTS) is 2. The van der Waals surface area contributed by atoms with Crippen molar-refractivity contribution in [2.45, 2.75) is 245 Å².